The number of rotatable bonds is 0. The van der Waals surface area contributed by atoms with Gasteiger partial charge in [0, 0.05) is 0 Å². The van der Waals surface area contributed by atoms with E-state index in [1.54, 1.807) is 0 Å². The zero-order chi connectivity index (χ0) is 5.66. The molecule has 0 aliphatic carbocycles. The molecular weight excluding hydrogens is 98.1 g/mol. The van der Waals surface area contributed by atoms with Crippen molar-refractivity contribution < 1.29 is 0 Å². The van der Waals surface area contributed by atoms with Gasteiger partial charge in [-0.3, -0.25) is 0 Å². The van der Waals surface area contributed by atoms with Gasteiger partial charge in [0.05, 0.1) is 0 Å². The van der Waals surface area contributed by atoms with Gasteiger partial charge in [-0.25, -0.2) is 0 Å². The second-order valence-electron chi connectivity index (χ2n) is 2.52. The van der Waals surface area contributed by atoms with Crippen LogP contribution in [0.4, 0.5) is 0 Å². The minimum absolute atomic E-state index is 1.25. The average Bonchev–Trinajstić information content (AvgIpc) is 1.62. The second-order valence-corrected chi connectivity index (χ2v) is 2.52. The van der Waals surface area contributed by atoms with Crippen LogP contribution in [0.3, 0.4) is 0 Å². The van der Waals surface area contributed by atoms with E-state index in [0.29, 0.717) is 0 Å². The fraction of sp³-hybridized carbons (Fsp3) is 1.00. The molecule has 0 bridgehead atoms. The lowest BCUT2D eigenvalue weighted by atomic mass is 10.1. The summed E-state index contributed by atoms with van der Waals surface area (Å²) in [7, 11) is 0. The fourth-order valence-electron chi connectivity index (χ4n) is 1.16. The van der Waals surface area contributed by atoms with Gasteiger partial charge in [0.15, 0.2) is 0 Å². The van der Waals surface area contributed by atoms with Crippen LogP contribution in [-0.4, -0.2) is 13.1 Å². The first-order valence-corrected chi connectivity index (χ1v) is 3.71. The molecule has 1 fully saturated rings. The van der Waals surface area contributed by atoms with E-state index in [2.05, 4.69) is 5.32 Å². The molecule has 1 aliphatic rings. The SMILES string of the molecule is C1CCCNCCC1. The normalized spacial score (nSPS) is 24.0. The Bertz CT molecular complexity index is 28.3. The summed E-state index contributed by atoms with van der Waals surface area (Å²) in [5, 5.41) is 3.39. The molecule has 1 N–H and O–H groups in total. The summed E-state index contributed by atoms with van der Waals surface area (Å²) in [5.74, 6) is 0. The van der Waals surface area contributed by atoms with E-state index in [1.807, 2.05) is 0 Å². The van der Waals surface area contributed by atoms with Crippen molar-refractivity contribution >= 4 is 0 Å². The Kier molecular flexibility index (Phi) is 2.97. The lowest BCUT2D eigenvalue weighted by Gasteiger charge is -2.08. The van der Waals surface area contributed by atoms with Crippen LogP contribution in [0.1, 0.15) is 32.1 Å². The van der Waals surface area contributed by atoms with E-state index in [-0.39, 0.29) is 0 Å². The first kappa shape index (κ1) is 6.09. The van der Waals surface area contributed by atoms with Gasteiger partial charge in [-0.15, -0.1) is 0 Å². The van der Waals surface area contributed by atoms with Crippen LogP contribution in [0.5, 0.6) is 0 Å². The molecule has 8 heavy (non-hydrogen) atoms. The quantitative estimate of drug-likeness (QED) is 0.502. The van der Waals surface area contributed by atoms with Gasteiger partial charge < -0.3 is 5.32 Å². The molecule has 0 spiro atoms. The molecule has 1 heteroatoms. The van der Waals surface area contributed by atoms with Gasteiger partial charge in [-0.2, -0.15) is 0 Å². The summed E-state index contributed by atoms with van der Waals surface area (Å²) >= 11 is 0. The summed E-state index contributed by atoms with van der Waals surface area (Å²) in [5.41, 5.74) is 0. The highest BCUT2D eigenvalue weighted by atomic mass is 14.8. The van der Waals surface area contributed by atoms with Gasteiger partial charge in [0.1, 0.15) is 0 Å². The van der Waals surface area contributed by atoms with Crippen LogP contribution in [-0.2, 0) is 0 Å². The van der Waals surface area contributed by atoms with Gasteiger partial charge in [-0.05, 0) is 25.9 Å². The summed E-state index contributed by atoms with van der Waals surface area (Å²) in [6, 6.07) is 0. The predicted octanol–water partition coefficient (Wildman–Crippen LogP) is 1.54. The minimum Gasteiger partial charge on any atom is -0.317 e. The van der Waals surface area contributed by atoms with Gasteiger partial charge in [0.25, 0.3) is 0 Å². The maximum absolute atomic E-state index is 3.39. The third-order valence-electron chi connectivity index (χ3n) is 1.71. The molecule has 0 saturated carbocycles. The van der Waals surface area contributed by atoms with Crippen molar-refractivity contribution in [1.82, 2.24) is 5.32 Å². The summed E-state index contributed by atoms with van der Waals surface area (Å²) in [6.45, 7) is 2.50. The summed E-state index contributed by atoms with van der Waals surface area (Å²) in [6.07, 6.45) is 7.11. The van der Waals surface area contributed by atoms with Crippen LogP contribution in [0, 0.1) is 0 Å². The summed E-state index contributed by atoms with van der Waals surface area (Å²) in [4.78, 5) is 0. The minimum atomic E-state index is 1.25. The van der Waals surface area contributed by atoms with Crippen molar-refractivity contribution in [3.05, 3.63) is 0 Å². The number of hydrogen-bond donors (Lipinski definition) is 1. The molecule has 0 aromatic heterocycles. The Morgan fingerprint density at radius 1 is 0.625 bits per heavy atom. The fourth-order valence-corrected chi connectivity index (χ4v) is 1.16. The van der Waals surface area contributed by atoms with Crippen molar-refractivity contribution in [1.29, 1.82) is 0 Å². The van der Waals surface area contributed by atoms with Gasteiger partial charge in [0.2, 0.25) is 0 Å². The Morgan fingerprint density at radius 3 is 1.75 bits per heavy atom. The molecular formula is C7H15N. The lowest BCUT2D eigenvalue weighted by Crippen LogP contribution is -2.18. The van der Waals surface area contributed by atoms with Crippen LogP contribution in [0.25, 0.3) is 0 Å². The molecule has 1 rings (SSSR count). The molecule has 1 aliphatic heterocycles. The second kappa shape index (κ2) is 3.90. The van der Waals surface area contributed by atoms with Crippen molar-refractivity contribution in [2.45, 2.75) is 32.1 Å². The predicted molar refractivity (Wildman–Crippen MR) is 36.0 cm³/mol. The molecule has 1 nitrogen and oxygen atoms in total. The van der Waals surface area contributed by atoms with Crippen LogP contribution >= 0.6 is 0 Å². The number of hydrogen-bond acceptors (Lipinski definition) is 1. The van der Waals surface area contributed by atoms with E-state index in [1.165, 1.54) is 45.2 Å². The molecule has 48 valence electrons. The van der Waals surface area contributed by atoms with Crippen LogP contribution in [0.2, 0.25) is 0 Å². The maximum atomic E-state index is 3.39. The topological polar surface area (TPSA) is 12.0 Å². The lowest BCUT2D eigenvalue weighted by molar-refractivity contribution is 0.516. The Labute approximate surface area is 51.5 Å². The highest BCUT2D eigenvalue weighted by Crippen LogP contribution is 2.03. The highest BCUT2D eigenvalue weighted by molar-refractivity contribution is 4.54. The monoisotopic (exact) mass is 113 g/mol. The zero-order valence-electron chi connectivity index (χ0n) is 5.45. The average molecular weight is 113 g/mol. The van der Waals surface area contributed by atoms with Crippen LogP contribution in [0.15, 0.2) is 0 Å². The van der Waals surface area contributed by atoms with Crippen molar-refractivity contribution in [3.8, 4) is 0 Å². The molecule has 1 saturated heterocycles. The van der Waals surface area contributed by atoms with E-state index in [9.17, 15) is 0 Å². The molecule has 1 heterocycles. The highest BCUT2D eigenvalue weighted by Gasteiger charge is 1.94. The van der Waals surface area contributed by atoms with Crippen molar-refractivity contribution in [2.24, 2.45) is 0 Å². The molecule has 0 atom stereocenters. The first-order chi connectivity index (χ1) is 4.00. The first-order valence-electron chi connectivity index (χ1n) is 3.71. The molecule has 0 aromatic rings. The van der Waals surface area contributed by atoms with E-state index in [4.69, 9.17) is 0 Å². The Morgan fingerprint density at radius 2 is 1.12 bits per heavy atom. The zero-order valence-corrected chi connectivity index (χ0v) is 5.45. The Hall–Kier alpha value is -0.0400. The third-order valence-corrected chi connectivity index (χ3v) is 1.71. The largest absolute Gasteiger partial charge is 0.317 e. The standard InChI is InChI=1S/C7H15N/c1-2-4-6-8-7-5-3-1/h8H,1-7H2. The molecule has 0 radical (unpaired) electrons. The maximum Gasteiger partial charge on any atom is -0.00489 e. The molecule has 0 aromatic carbocycles. The van der Waals surface area contributed by atoms with Gasteiger partial charge >= 0.3 is 0 Å². The van der Waals surface area contributed by atoms with E-state index < -0.39 is 0 Å². The van der Waals surface area contributed by atoms with E-state index in [0.717, 1.165) is 0 Å². The Balaban J connectivity index is 2.00. The number of nitrogens with one attached hydrogen (secondary N) is 1. The van der Waals surface area contributed by atoms with E-state index >= 15 is 0 Å². The molecule has 0 unspecified atom stereocenters. The third kappa shape index (κ3) is 2.31. The van der Waals surface area contributed by atoms with Crippen molar-refractivity contribution in [3.63, 3.8) is 0 Å². The smallest absolute Gasteiger partial charge is 0.00489 e. The molecule has 0 amide bonds. The van der Waals surface area contributed by atoms with Crippen LogP contribution < -0.4 is 5.32 Å². The van der Waals surface area contributed by atoms with Gasteiger partial charge in [-0.1, -0.05) is 19.3 Å². The summed E-state index contributed by atoms with van der Waals surface area (Å²) < 4.78 is 0. The van der Waals surface area contributed by atoms with Crippen molar-refractivity contribution in [2.75, 3.05) is 13.1 Å².